The predicted molar refractivity (Wildman–Crippen MR) is 99.8 cm³/mol. The molecule has 2 aromatic carbocycles. The van der Waals surface area contributed by atoms with Crippen LogP contribution >= 0.6 is 0 Å². The number of amides is 1. The Bertz CT molecular complexity index is 882. The van der Waals surface area contributed by atoms with Gasteiger partial charge in [0.25, 0.3) is 5.91 Å². The van der Waals surface area contributed by atoms with Crippen molar-refractivity contribution in [2.24, 2.45) is 0 Å². The number of nitrogens with zero attached hydrogens (tertiary/aromatic N) is 2. The lowest BCUT2D eigenvalue weighted by Crippen LogP contribution is -2.25. The first-order valence-electron chi connectivity index (χ1n) is 8.41. The second kappa shape index (κ2) is 8.20. The molecule has 1 amide bonds. The third-order valence-corrected chi connectivity index (χ3v) is 3.64. The van der Waals surface area contributed by atoms with Crippen molar-refractivity contribution in [3.8, 4) is 11.4 Å². The maximum atomic E-state index is 13.1. The number of hydrogen-bond donors (Lipinski definition) is 2. The van der Waals surface area contributed by atoms with Gasteiger partial charge < -0.3 is 10.6 Å². The highest BCUT2D eigenvalue weighted by molar-refractivity contribution is 5.93. The van der Waals surface area contributed by atoms with E-state index in [9.17, 15) is 9.18 Å². The molecule has 6 heteroatoms. The molecule has 0 bridgehead atoms. The Labute approximate surface area is 151 Å². The molecule has 0 saturated heterocycles. The zero-order valence-corrected chi connectivity index (χ0v) is 14.4. The van der Waals surface area contributed by atoms with Gasteiger partial charge in [0.05, 0.1) is 0 Å². The van der Waals surface area contributed by atoms with Gasteiger partial charge in [0.1, 0.15) is 17.3 Å². The second-order valence-electron chi connectivity index (χ2n) is 5.72. The van der Waals surface area contributed by atoms with Gasteiger partial charge in [-0.1, -0.05) is 37.3 Å². The number of hydrogen-bond acceptors (Lipinski definition) is 4. The van der Waals surface area contributed by atoms with Gasteiger partial charge in [0.2, 0.25) is 0 Å². The van der Waals surface area contributed by atoms with Crippen LogP contribution in [0.4, 0.5) is 15.9 Å². The van der Waals surface area contributed by atoms with Crippen molar-refractivity contribution in [3.05, 3.63) is 72.2 Å². The summed E-state index contributed by atoms with van der Waals surface area (Å²) in [5.41, 5.74) is 1.75. The SMILES string of the molecule is CCCNC(=O)c1cc(Nc2ccc(F)cc2)nc(-c2ccccc2)n1. The molecule has 0 saturated carbocycles. The van der Waals surface area contributed by atoms with E-state index >= 15 is 0 Å². The molecule has 132 valence electrons. The Morgan fingerprint density at radius 2 is 1.77 bits per heavy atom. The maximum Gasteiger partial charge on any atom is 0.270 e. The van der Waals surface area contributed by atoms with Crippen molar-refractivity contribution < 1.29 is 9.18 Å². The summed E-state index contributed by atoms with van der Waals surface area (Å²) in [6.07, 6.45) is 0.836. The van der Waals surface area contributed by atoms with Crippen molar-refractivity contribution in [1.29, 1.82) is 0 Å². The number of aromatic nitrogens is 2. The van der Waals surface area contributed by atoms with E-state index in [2.05, 4.69) is 20.6 Å². The van der Waals surface area contributed by atoms with Gasteiger partial charge in [0, 0.05) is 23.9 Å². The van der Waals surface area contributed by atoms with E-state index in [0.717, 1.165) is 12.0 Å². The molecule has 0 aliphatic carbocycles. The predicted octanol–water partition coefficient (Wildman–Crippen LogP) is 4.17. The Kier molecular flexibility index (Phi) is 5.53. The van der Waals surface area contributed by atoms with Gasteiger partial charge in [0.15, 0.2) is 5.82 Å². The van der Waals surface area contributed by atoms with E-state index in [1.807, 2.05) is 37.3 Å². The molecule has 0 spiro atoms. The number of carbonyl (C=O) groups excluding carboxylic acids is 1. The van der Waals surface area contributed by atoms with Crippen molar-refractivity contribution >= 4 is 17.4 Å². The van der Waals surface area contributed by atoms with Gasteiger partial charge in [-0.15, -0.1) is 0 Å². The molecule has 26 heavy (non-hydrogen) atoms. The van der Waals surface area contributed by atoms with Crippen molar-refractivity contribution in [1.82, 2.24) is 15.3 Å². The number of benzene rings is 2. The van der Waals surface area contributed by atoms with Gasteiger partial charge in [-0.05, 0) is 30.7 Å². The van der Waals surface area contributed by atoms with Crippen LogP contribution in [-0.2, 0) is 0 Å². The standard InChI is InChI=1S/C20H19FN4O/c1-2-12-22-20(26)17-13-18(23-16-10-8-15(21)9-11-16)25-19(24-17)14-6-4-3-5-7-14/h3-11,13H,2,12H2,1H3,(H,22,26)(H,23,24,25). The minimum absolute atomic E-state index is 0.256. The average Bonchev–Trinajstić information content (AvgIpc) is 2.68. The fraction of sp³-hybridized carbons (Fsp3) is 0.150. The molecule has 0 aliphatic rings. The highest BCUT2D eigenvalue weighted by Crippen LogP contribution is 2.21. The van der Waals surface area contributed by atoms with Crippen LogP contribution in [0.3, 0.4) is 0 Å². The molecular weight excluding hydrogens is 331 g/mol. The lowest BCUT2D eigenvalue weighted by Gasteiger charge is -2.10. The van der Waals surface area contributed by atoms with E-state index in [4.69, 9.17) is 0 Å². The molecule has 3 aromatic rings. The van der Waals surface area contributed by atoms with Crippen LogP contribution in [0, 0.1) is 5.82 Å². The van der Waals surface area contributed by atoms with Gasteiger partial charge in [-0.25, -0.2) is 14.4 Å². The summed E-state index contributed by atoms with van der Waals surface area (Å²) in [7, 11) is 0. The Balaban J connectivity index is 1.96. The number of carbonyl (C=O) groups is 1. The molecule has 0 atom stereocenters. The third-order valence-electron chi connectivity index (χ3n) is 3.64. The molecular formula is C20H19FN4O. The van der Waals surface area contributed by atoms with Crippen molar-refractivity contribution in [2.45, 2.75) is 13.3 Å². The van der Waals surface area contributed by atoms with Crippen LogP contribution in [0.2, 0.25) is 0 Å². The Morgan fingerprint density at radius 1 is 1.04 bits per heavy atom. The normalized spacial score (nSPS) is 10.4. The smallest absolute Gasteiger partial charge is 0.270 e. The van der Waals surface area contributed by atoms with Gasteiger partial charge >= 0.3 is 0 Å². The number of halogens is 1. The Morgan fingerprint density at radius 3 is 2.46 bits per heavy atom. The molecule has 0 radical (unpaired) electrons. The summed E-state index contributed by atoms with van der Waals surface area (Å²) in [6, 6.07) is 16.9. The summed E-state index contributed by atoms with van der Waals surface area (Å²) in [6.45, 7) is 2.56. The summed E-state index contributed by atoms with van der Waals surface area (Å²) in [4.78, 5) is 21.2. The molecule has 3 rings (SSSR count). The van der Waals surface area contributed by atoms with Crippen LogP contribution in [0.25, 0.3) is 11.4 Å². The lowest BCUT2D eigenvalue weighted by molar-refractivity contribution is 0.0948. The van der Waals surface area contributed by atoms with E-state index in [-0.39, 0.29) is 17.4 Å². The maximum absolute atomic E-state index is 13.1. The highest BCUT2D eigenvalue weighted by atomic mass is 19.1. The summed E-state index contributed by atoms with van der Waals surface area (Å²) in [5, 5.41) is 5.91. The minimum Gasteiger partial charge on any atom is -0.351 e. The minimum atomic E-state index is -0.317. The fourth-order valence-corrected chi connectivity index (χ4v) is 2.35. The molecule has 1 aromatic heterocycles. The van der Waals surface area contributed by atoms with E-state index in [0.29, 0.717) is 23.9 Å². The first-order chi connectivity index (χ1) is 12.7. The molecule has 0 fully saturated rings. The zero-order chi connectivity index (χ0) is 18.4. The number of anilines is 2. The molecule has 1 heterocycles. The first kappa shape index (κ1) is 17.5. The molecule has 0 aliphatic heterocycles. The summed E-state index contributed by atoms with van der Waals surface area (Å²) < 4.78 is 13.1. The monoisotopic (exact) mass is 350 g/mol. The van der Waals surface area contributed by atoms with Gasteiger partial charge in [-0.3, -0.25) is 4.79 Å². The second-order valence-corrected chi connectivity index (χ2v) is 5.72. The zero-order valence-electron chi connectivity index (χ0n) is 14.4. The number of rotatable bonds is 6. The highest BCUT2D eigenvalue weighted by Gasteiger charge is 2.13. The van der Waals surface area contributed by atoms with Crippen LogP contribution < -0.4 is 10.6 Å². The summed E-state index contributed by atoms with van der Waals surface area (Å²) in [5.74, 6) is 0.336. The van der Waals surface area contributed by atoms with Crippen molar-refractivity contribution in [3.63, 3.8) is 0 Å². The fourth-order valence-electron chi connectivity index (χ4n) is 2.35. The van der Waals surface area contributed by atoms with Crippen LogP contribution in [0.5, 0.6) is 0 Å². The lowest BCUT2D eigenvalue weighted by atomic mass is 10.2. The quantitative estimate of drug-likeness (QED) is 0.700. The molecule has 0 unspecified atom stereocenters. The number of nitrogens with one attached hydrogen (secondary N) is 2. The average molecular weight is 350 g/mol. The van der Waals surface area contributed by atoms with E-state index < -0.39 is 0 Å². The van der Waals surface area contributed by atoms with Crippen LogP contribution in [0.15, 0.2) is 60.7 Å². The topological polar surface area (TPSA) is 66.9 Å². The van der Waals surface area contributed by atoms with Crippen LogP contribution in [-0.4, -0.2) is 22.4 Å². The molecule has 5 nitrogen and oxygen atoms in total. The summed E-state index contributed by atoms with van der Waals surface area (Å²) >= 11 is 0. The third kappa shape index (κ3) is 4.42. The largest absolute Gasteiger partial charge is 0.351 e. The van der Waals surface area contributed by atoms with E-state index in [1.165, 1.54) is 12.1 Å². The Hall–Kier alpha value is -3.28. The molecule has 2 N–H and O–H groups in total. The van der Waals surface area contributed by atoms with Crippen molar-refractivity contribution in [2.75, 3.05) is 11.9 Å². The first-order valence-corrected chi connectivity index (χ1v) is 8.41. The van der Waals surface area contributed by atoms with E-state index in [1.54, 1.807) is 18.2 Å². The van der Waals surface area contributed by atoms with Crippen LogP contribution in [0.1, 0.15) is 23.8 Å². The van der Waals surface area contributed by atoms with Gasteiger partial charge in [-0.2, -0.15) is 0 Å².